The summed E-state index contributed by atoms with van der Waals surface area (Å²) in [6.45, 7) is 6.30. The number of hydrogen-bond acceptors (Lipinski definition) is 2. The fourth-order valence-corrected chi connectivity index (χ4v) is 1.02. The smallest absolute Gasteiger partial charge is 0.219 e. The number of amides is 1. The largest absolute Gasteiger partial charge is 0.396 e. The van der Waals surface area contributed by atoms with E-state index in [0.29, 0.717) is 13.0 Å². The summed E-state index contributed by atoms with van der Waals surface area (Å²) >= 11 is 0. The Kier molecular flexibility index (Phi) is 4.86. The molecule has 0 rings (SSSR count). The average molecular weight is 159 g/mol. The molecule has 66 valence electrons. The van der Waals surface area contributed by atoms with Crippen LogP contribution < -0.4 is 0 Å². The number of carbonyl (C=O) groups excluding carboxylic acids is 1. The quantitative estimate of drug-likeness (QED) is 0.653. The molecule has 0 saturated heterocycles. The number of hydrogen-bond donors (Lipinski definition) is 1. The third-order valence-electron chi connectivity index (χ3n) is 1.58. The van der Waals surface area contributed by atoms with E-state index in [4.69, 9.17) is 5.11 Å². The molecule has 3 heteroatoms. The van der Waals surface area contributed by atoms with E-state index < -0.39 is 0 Å². The minimum absolute atomic E-state index is 0.0773. The summed E-state index contributed by atoms with van der Waals surface area (Å²) in [5, 5.41) is 8.54. The monoisotopic (exact) mass is 159 g/mol. The molecule has 0 fully saturated rings. The first-order valence-electron chi connectivity index (χ1n) is 3.97. The molecule has 0 aliphatic heterocycles. The molecule has 1 amide bonds. The summed E-state index contributed by atoms with van der Waals surface area (Å²) in [6, 6.07) is 0.235. The van der Waals surface area contributed by atoms with Crippen molar-refractivity contribution in [3.63, 3.8) is 0 Å². The second-order valence-electron chi connectivity index (χ2n) is 2.88. The zero-order valence-electron chi connectivity index (χ0n) is 7.50. The van der Waals surface area contributed by atoms with E-state index in [0.717, 1.165) is 0 Å². The van der Waals surface area contributed by atoms with Crippen molar-refractivity contribution in [1.29, 1.82) is 0 Å². The lowest BCUT2D eigenvalue weighted by Gasteiger charge is -2.24. The van der Waals surface area contributed by atoms with Gasteiger partial charge >= 0.3 is 0 Å². The Morgan fingerprint density at radius 2 is 2.09 bits per heavy atom. The molecular formula is C8H17NO2. The van der Waals surface area contributed by atoms with Crippen LogP contribution in [0.1, 0.15) is 27.2 Å². The van der Waals surface area contributed by atoms with Crippen LogP contribution in [-0.2, 0) is 4.79 Å². The van der Waals surface area contributed by atoms with Crippen LogP contribution >= 0.6 is 0 Å². The highest BCUT2D eigenvalue weighted by Crippen LogP contribution is 1.99. The number of aliphatic hydroxyl groups is 1. The van der Waals surface area contributed by atoms with Crippen LogP contribution in [0, 0.1) is 0 Å². The molecule has 0 aromatic rings. The van der Waals surface area contributed by atoms with Crippen LogP contribution in [0.4, 0.5) is 0 Å². The predicted molar refractivity (Wildman–Crippen MR) is 44.2 cm³/mol. The van der Waals surface area contributed by atoms with E-state index in [1.165, 1.54) is 0 Å². The van der Waals surface area contributed by atoms with E-state index in [-0.39, 0.29) is 18.6 Å². The molecular weight excluding hydrogens is 142 g/mol. The molecule has 0 aromatic heterocycles. The average Bonchev–Trinajstić information content (AvgIpc) is 1.87. The van der Waals surface area contributed by atoms with Crippen LogP contribution in [0.15, 0.2) is 0 Å². The van der Waals surface area contributed by atoms with Gasteiger partial charge in [-0.15, -0.1) is 0 Å². The van der Waals surface area contributed by atoms with E-state index in [1.54, 1.807) is 11.8 Å². The molecule has 0 aliphatic carbocycles. The lowest BCUT2D eigenvalue weighted by atomic mass is 10.3. The maximum atomic E-state index is 10.9. The van der Waals surface area contributed by atoms with Gasteiger partial charge in [-0.2, -0.15) is 0 Å². The minimum atomic E-state index is 0.0773. The summed E-state index contributed by atoms with van der Waals surface area (Å²) in [4.78, 5) is 12.7. The molecule has 11 heavy (non-hydrogen) atoms. The van der Waals surface area contributed by atoms with Gasteiger partial charge in [0.1, 0.15) is 0 Å². The van der Waals surface area contributed by atoms with Crippen LogP contribution in [-0.4, -0.2) is 35.1 Å². The van der Waals surface area contributed by atoms with Crippen molar-refractivity contribution in [1.82, 2.24) is 4.90 Å². The lowest BCUT2D eigenvalue weighted by molar-refractivity contribution is -0.130. The molecule has 1 N–H and O–H groups in total. The summed E-state index contributed by atoms with van der Waals surface area (Å²) in [5.41, 5.74) is 0. The van der Waals surface area contributed by atoms with Crippen LogP contribution in [0.2, 0.25) is 0 Å². The van der Waals surface area contributed by atoms with Gasteiger partial charge in [0, 0.05) is 26.1 Å². The highest BCUT2D eigenvalue weighted by molar-refractivity contribution is 5.73. The highest BCUT2D eigenvalue weighted by atomic mass is 16.3. The van der Waals surface area contributed by atoms with Crippen molar-refractivity contribution in [2.45, 2.75) is 33.2 Å². The molecule has 3 nitrogen and oxygen atoms in total. The van der Waals surface area contributed by atoms with Crippen molar-refractivity contribution < 1.29 is 9.90 Å². The normalized spacial score (nSPS) is 10.3. The summed E-state index contributed by atoms with van der Waals surface area (Å²) in [5.74, 6) is 0.0773. The fourth-order valence-electron chi connectivity index (χ4n) is 1.02. The zero-order valence-corrected chi connectivity index (χ0v) is 7.50. The Labute approximate surface area is 68.0 Å². The molecule has 0 atom stereocenters. The SMILES string of the molecule is CC(=O)N(CCCO)C(C)C. The number of nitrogens with zero attached hydrogens (tertiary/aromatic N) is 1. The maximum Gasteiger partial charge on any atom is 0.219 e. The van der Waals surface area contributed by atoms with Gasteiger partial charge in [-0.3, -0.25) is 4.79 Å². The Morgan fingerprint density at radius 3 is 2.36 bits per heavy atom. The zero-order chi connectivity index (χ0) is 8.85. The molecule has 0 aliphatic rings. The van der Waals surface area contributed by atoms with Gasteiger partial charge in [0.15, 0.2) is 0 Å². The molecule has 0 aromatic carbocycles. The van der Waals surface area contributed by atoms with Crippen LogP contribution in [0.3, 0.4) is 0 Å². The van der Waals surface area contributed by atoms with Gasteiger partial charge in [0.2, 0.25) is 5.91 Å². The maximum absolute atomic E-state index is 10.9. The van der Waals surface area contributed by atoms with E-state index >= 15 is 0 Å². The van der Waals surface area contributed by atoms with Crippen molar-refractivity contribution in [3.05, 3.63) is 0 Å². The Balaban J connectivity index is 3.80. The fraction of sp³-hybridized carbons (Fsp3) is 0.875. The third kappa shape index (κ3) is 3.98. The molecule has 0 unspecified atom stereocenters. The van der Waals surface area contributed by atoms with E-state index in [2.05, 4.69) is 0 Å². The standard InChI is InChI=1S/C8H17NO2/c1-7(2)9(8(3)11)5-4-6-10/h7,10H,4-6H2,1-3H3. The Hall–Kier alpha value is -0.570. The topological polar surface area (TPSA) is 40.5 Å². The summed E-state index contributed by atoms with van der Waals surface area (Å²) in [6.07, 6.45) is 0.664. The van der Waals surface area contributed by atoms with E-state index in [1.807, 2.05) is 13.8 Å². The second kappa shape index (κ2) is 5.13. The second-order valence-corrected chi connectivity index (χ2v) is 2.88. The Morgan fingerprint density at radius 1 is 1.55 bits per heavy atom. The lowest BCUT2D eigenvalue weighted by Crippen LogP contribution is -2.36. The summed E-state index contributed by atoms with van der Waals surface area (Å²) < 4.78 is 0. The molecule has 0 bridgehead atoms. The van der Waals surface area contributed by atoms with E-state index in [9.17, 15) is 4.79 Å². The van der Waals surface area contributed by atoms with Gasteiger partial charge in [-0.1, -0.05) is 0 Å². The molecule has 0 heterocycles. The molecule has 0 spiro atoms. The van der Waals surface area contributed by atoms with Gasteiger partial charge in [-0.05, 0) is 20.3 Å². The number of carbonyl (C=O) groups is 1. The first kappa shape index (κ1) is 10.4. The van der Waals surface area contributed by atoms with Crippen molar-refractivity contribution >= 4 is 5.91 Å². The van der Waals surface area contributed by atoms with Crippen LogP contribution in [0.25, 0.3) is 0 Å². The highest BCUT2D eigenvalue weighted by Gasteiger charge is 2.10. The van der Waals surface area contributed by atoms with Gasteiger partial charge in [0.25, 0.3) is 0 Å². The van der Waals surface area contributed by atoms with Gasteiger partial charge < -0.3 is 10.0 Å². The molecule has 0 radical (unpaired) electrons. The summed E-state index contributed by atoms with van der Waals surface area (Å²) in [7, 11) is 0. The first-order valence-corrected chi connectivity index (χ1v) is 3.97. The third-order valence-corrected chi connectivity index (χ3v) is 1.58. The molecule has 0 saturated carbocycles. The van der Waals surface area contributed by atoms with Gasteiger partial charge in [0.05, 0.1) is 0 Å². The van der Waals surface area contributed by atoms with Crippen molar-refractivity contribution in [3.8, 4) is 0 Å². The predicted octanol–water partition coefficient (Wildman–Crippen LogP) is 0.626. The minimum Gasteiger partial charge on any atom is -0.396 e. The van der Waals surface area contributed by atoms with Crippen LogP contribution in [0.5, 0.6) is 0 Å². The first-order chi connectivity index (χ1) is 5.09. The number of rotatable bonds is 4. The number of aliphatic hydroxyl groups excluding tert-OH is 1. The van der Waals surface area contributed by atoms with Crippen molar-refractivity contribution in [2.75, 3.05) is 13.2 Å². The van der Waals surface area contributed by atoms with Crippen molar-refractivity contribution in [2.24, 2.45) is 0 Å². The van der Waals surface area contributed by atoms with Gasteiger partial charge in [-0.25, -0.2) is 0 Å². The Bertz CT molecular complexity index is 123.